The van der Waals surface area contributed by atoms with Crippen LogP contribution in [0.4, 0.5) is 11.4 Å². The van der Waals surface area contributed by atoms with Gasteiger partial charge in [0.2, 0.25) is 5.91 Å². The molecule has 2 amide bonds. The highest BCUT2D eigenvalue weighted by molar-refractivity contribution is 9.10. The summed E-state index contributed by atoms with van der Waals surface area (Å²) >= 11 is 3.38. The summed E-state index contributed by atoms with van der Waals surface area (Å²) in [6.07, 6.45) is 0.894. The molecule has 24 heavy (non-hydrogen) atoms. The highest BCUT2D eigenvalue weighted by Crippen LogP contribution is 2.15. The van der Waals surface area contributed by atoms with Gasteiger partial charge in [-0.05, 0) is 48.9 Å². The van der Waals surface area contributed by atoms with E-state index >= 15 is 0 Å². The monoisotopic (exact) mass is 389 g/mol. The Kier molecular flexibility index (Phi) is 6.81. The topological polar surface area (TPSA) is 70.2 Å². The first-order valence-electron chi connectivity index (χ1n) is 7.76. The highest BCUT2D eigenvalue weighted by Gasteiger charge is 2.06. The molecule has 0 aliphatic carbocycles. The smallest absolute Gasteiger partial charge is 0.251 e. The second-order valence-corrected chi connectivity index (χ2v) is 6.16. The predicted molar refractivity (Wildman–Crippen MR) is 100 cm³/mol. The minimum atomic E-state index is -0.154. The third kappa shape index (κ3) is 5.70. The van der Waals surface area contributed by atoms with Gasteiger partial charge >= 0.3 is 0 Å². The largest absolute Gasteiger partial charge is 0.376 e. The minimum absolute atomic E-state index is 0.106. The van der Waals surface area contributed by atoms with Crippen LogP contribution in [-0.2, 0) is 4.79 Å². The van der Waals surface area contributed by atoms with E-state index in [9.17, 15) is 9.59 Å². The third-order valence-electron chi connectivity index (χ3n) is 3.24. The van der Waals surface area contributed by atoms with Gasteiger partial charge in [0, 0.05) is 28.0 Å². The van der Waals surface area contributed by atoms with Gasteiger partial charge in [0.15, 0.2) is 0 Å². The highest BCUT2D eigenvalue weighted by atomic mass is 79.9. The molecular weight excluding hydrogens is 370 g/mol. The lowest BCUT2D eigenvalue weighted by atomic mass is 10.2. The molecule has 0 fully saturated rings. The van der Waals surface area contributed by atoms with E-state index in [-0.39, 0.29) is 18.4 Å². The molecule has 126 valence electrons. The summed E-state index contributed by atoms with van der Waals surface area (Å²) in [5, 5.41) is 8.66. The van der Waals surface area contributed by atoms with Crippen LogP contribution in [0.5, 0.6) is 0 Å². The molecule has 0 saturated heterocycles. The van der Waals surface area contributed by atoms with Crippen molar-refractivity contribution in [3.05, 3.63) is 58.6 Å². The van der Waals surface area contributed by atoms with Crippen LogP contribution in [-0.4, -0.2) is 24.9 Å². The summed E-state index contributed by atoms with van der Waals surface area (Å²) in [6, 6.07) is 14.4. The molecule has 5 nitrogen and oxygen atoms in total. The van der Waals surface area contributed by atoms with Crippen molar-refractivity contribution >= 4 is 39.1 Å². The van der Waals surface area contributed by atoms with Crippen molar-refractivity contribution in [2.24, 2.45) is 0 Å². The van der Waals surface area contributed by atoms with Gasteiger partial charge in [0.1, 0.15) is 0 Å². The van der Waals surface area contributed by atoms with E-state index in [2.05, 4.69) is 31.9 Å². The van der Waals surface area contributed by atoms with Crippen molar-refractivity contribution in [3.8, 4) is 0 Å². The number of amides is 2. The molecule has 6 heteroatoms. The van der Waals surface area contributed by atoms with E-state index in [0.717, 1.165) is 16.6 Å². The van der Waals surface area contributed by atoms with E-state index in [1.54, 1.807) is 24.3 Å². The normalized spacial score (nSPS) is 10.1. The molecular formula is C18H20BrN3O2. The van der Waals surface area contributed by atoms with Crippen LogP contribution in [0.25, 0.3) is 0 Å². The fourth-order valence-corrected chi connectivity index (χ4v) is 2.43. The summed E-state index contributed by atoms with van der Waals surface area (Å²) < 4.78 is 0.949. The standard InChI is InChI=1S/C18H20BrN3O2/c1-2-10-20-18(24)13-6-8-15(9-7-13)22-17(23)12-21-16-5-3-4-14(19)11-16/h3-9,11,21H,2,10,12H2,1H3,(H,20,24)(H,22,23). The third-order valence-corrected chi connectivity index (χ3v) is 3.74. The van der Waals surface area contributed by atoms with Crippen molar-refractivity contribution in [3.63, 3.8) is 0 Å². The molecule has 3 N–H and O–H groups in total. The average Bonchev–Trinajstić information content (AvgIpc) is 2.58. The van der Waals surface area contributed by atoms with Crippen molar-refractivity contribution in [2.45, 2.75) is 13.3 Å². The molecule has 0 aliphatic rings. The quantitative estimate of drug-likeness (QED) is 0.676. The number of benzene rings is 2. The molecule has 0 unspecified atom stereocenters. The molecule has 2 aromatic carbocycles. The maximum atomic E-state index is 12.0. The number of anilines is 2. The number of halogens is 1. The van der Waals surface area contributed by atoms with Crippen molar-refractivity contribution < 1.29 is 9.59 Å². The second kappa shape index (κ2) is 9.08. The minimum Gasteiger partial charge on any atom is -0.376 e. The lowest BCUT2D eigenvalue weighted by Gasteiger charge is -2.09. The number of rotatable bonds is 7. The average molecular weight is 390 g/mol. The summed E-state index contributed by atoms with van der Waals surface area (Å²) in [4.78, 5) is 23.8. The first-order valence-corrected chi connectivity index (χ1v) is 8.55. The summed E-state index contributed by atoms with van der Waals surface area (Å²) in [5.74, 6) is -0.260. The first kappa shape index (κ1) is 18.0. The van der Waals surface area contributed by atoms with Crippen molar-refractivity contribution in [1.82, 2.24) is 5.32 Å². The number of carbonyl (C=O) groups is 2. The molecule has 0 aliphatic heterocycles. The fourth-order valence-electron chi connectivity index (χ4n) is 2.03. The zero-order valence-corrected chi connectivity index (χ0v) is 15.0. The molecule has 0 heterocycles. The van der Waals surface area contributed by atoms with Crippen LogP contribution >= 0.6 is 15.9 Å². The van der Waals surface area contributed by atoms with E-state index in [1.807, 2.05) is 31.2 Å². The molecule has 2 rings (SSSR count). The van der Waals surface area contributed by atoms with Gasteiger partial charge in [-0.1, -0.05) is 28.9 Å². The van der Waals surface area contributed by atoms with Gasteiger partial charge in [-0.3, -0.25) is 9.59 Å². The Balaban J connectivity index is 1.84. The molecule has 0 spiro atoms. The van der Waals surface area contributed by atoms with Crippen LogP contribution in [0, 0.1) is 0 Å². The van der Waals surface area contributed by atoms with Gasteiger partial charge in [-0.15, -0.1) is 0 Å². The van der Waals surface area contributed by atoms with E-state index in [4.69, 9.17) is 0 Å². The first-order chi connectivity index (χ1) is 11.6. The maximum Gasteiger partial charge on any atom is 0.251 e. The van der Waals surface area contributed by atoms with Gasteiger partial charge in [-0.25, -0.2) is 0 Å². The molecule has 0 radical (unpaired) electrons. The van der Waals surface area contributed by atoms with Gasteiger partial charge in [0.05, 0.1) is 6.54 Å². The van der Waals surface area contributed by atoms with E-state index in [0.29, 0.717) is 17.8 Å². The van der Waals surface area contributed by atoms with Crippen LogP contribution in [0.1, 0.15) is 23.7 Å². The number of hydrogen-bond acceptors (Lipinski definition) is 3. The zero-order chi connectivity index (χ0) is 17.4. The summed E-state index contributed by atoms with van der Waals surface area (Å²) in [6.45, 7) is 2.81. The van der Waals surface area contributed by atoms with Crippen LogP contribution in [0.2, 0.25) is 0 Å². The number of carbonyl (C=O) groups excluding carboxylic acids is 2. The van der Waals surface area contributed by atoms with Crippen LogP contribution in [0.3, 0.4) is 0 Å². The van der Waals surface area contributed by atoms with Crippen LogP contribution in [0.15, 0.2) is 53.0 Å². The zero-order valence-electron chi connectivity index (χ0n) is 13.4. The fraction of sp³-hybridized carbons (Fsp3) is 0.222. The van der Waals surface area contributed by atoms with E-state index in [1.165, 1.54) is 0 Å². The van der Waals surface area contributed by atoms with E-state index < -0.39 is 0 Å². The Morgan fingerprint density at radius 3 is 2.46 bits per heavy atom. The Morgan fingerprint density at radius 2 is 1.79 bits per heavy atom. The van der Waals surface area contributed by atoms with Gasteiger partial charge < -0.3 is 16.0 Å². The molecule has 0 aromatic heterocycles. The Labute approximate surface area is 150 Å². The second-order valence-electron chi connectivity index (χ2n) is 5.25. The van der Waals surface area contributed by atoms with Gasteiger partial charge in [0.25, 0.3) is 5.91 Å². The SMILES string of the molecule is CCCNC(=O)c1ccc(NC(=O)CNc2cccc(Br)c2)cc1. The summed E-state index contributed by atoms with van der Waals surface area (Å²) in [5.41, 5.74) is 2.10. The van der Waals surface area contributed by atoms with Crippen molar-refractivity contribution in [2.75, 3.05) is 23.7 Å². The molecule has 2 aromatic rings. The molecule has 0 bridgehead atoms. The Bertz CT molecular complexity index is 702. The Morgan fingerprint density at radius 1 is 1.04 bits per heavy atom. The lowest BCUT2D eigenvalue weighted by Crippen LogP contribution is -2.24. The van der Waals surface area contributed by atoms with Gasteiger partial charge in [-0.2, -0.15) is 0 Å². The molecule has 0 atom stereocenters. The number of nitrogens with one attached hydrogen (secondary N) is 3. The Hall–Kier alpha value is -2.34. The van der Waals surface area contributed by atoms with Crippen molar-refractivity contribution in [1.29, 1.82) is 0 Å². The number of hydrogen-bond donors (Lipinski definition) is 3. The maximum absolute atomic E-state index is 12.0. The molecule has 0 saturated carbocycles. The lowest BCUT2D eigenvalue weighted by molar-refractivity contribution is -0.114. The predicted octanol–water partition coefficient (Wildman–Crippen LogP) is 3.64. The summed E-state index contributed by atoms with van der Waals surface area (Å²) in [7, 11) is 0. The van der Waals surface area contributed by atoms with Crippen LogP contribution < -0.4 is 16.0 Å².